The maximum absolute atomic E-state index is 13.1. The van der Waals surface area contributed by atoms with Crippen LogP contribution in [0.1, 0.15) is 30.4 Å². The number of likely N-dealkylation sites (tertiary alicyclic amines) is 1. The van der Waals surface area contributed by atoms with E-state index in [1.807, 2.05) is 29.2 Å². The van der Waals surface area contributed by atoms with E-state index in [9.17, 15) is 9.59 Å². The number of hydrogen-bond donors (Lipinski definition) is 0. The zero-order valence-electron chi connectivity index (χ0n) is 16.6. The number of amides is 1. The molecule has 1 saturated heterocycles. The standard InChI is InChI=1S/C23H25N3O2S/c1-17-7-4-8-18(15-17)16-29-23-24-20-10-3-2-9-19(20)22(28)26(23)14-6-13-25-12-5-11-21(25)27/h2-4,7-10,15H,5-6,11-14,16H2,1H3. The Bertz CT molecular complexity index is 1090. The lowest BCUT2D eigenvalue weighted by molar-refractivity contribution is -0.127. The highest BCUT2D eigenvalue weighted by molar-refractivity contribution is 7.98. The molecular weight excluding hydrogens is 382 g/mol. The Morgan fingerprint density at radius 2 is 1.93 bits per heavy atom. The molecule has 0 radical (unpaired) electrons. The number of hydrogen-bond acceptors (Lipinski definition) is 4. The number of thioether (sulfide) groups is 1. The summed E-state index contributed by atoms with van der Waals surface area (Å²) in [6, 6.07) is 15.9. The van der Waals surface area contributed by atoms with Gasteiger partial charge in [-0.1, -0.05) is 53.7 Å². The minimum Gasteiger partial charge on any atom is -0.343 e. The number of aryl methyl sites for hydroxylation is 1. The topological polar surface area (TPSA) is 55.2 Å². The van der Waals surface area contributed by atoms with Gasteiger partial charge in [0.1, 0.15) is 0 Å². The number of rotatable bonds is 7. The summed E-state index contributed by atoms with van der Waals surface area (Å²) in [5, 5.41) is 1.38. The predicted molar refractivity (Wildman–Crippen MR) is 117 cm³/mol. The minimum atomic E-state index is -0.00455. The molecule has 2 heterocycles. The van der Waals surface area contributed by atoms with Gasteiger partial charge in [0, 0.05) is 31.8 Å². The van der Waals surface area contributed by atoms with Crippen LogP contribution >= 0.6 is 11.8 Å². The first-order chi connectivity index (χ1) is 14.1. The lowest BCUT2D eigenvalue weighted by Gasteiger charge is -2.17. The summed E-state index contributed by atoms with van der Waals surface area (Å²) in [7, 11) is 0. The fourth-order valence-corrected chi connectivity index (χ4v) is 4.73. The molecular formula is C23H25N3O2S. The molecule has 3 aromatic rings. The van der Waals surface area contributed by atoms with E-state index in [4.69, 9.17) is 4.98 Å². The molecule has 0 spiro atoms. The fraction of sp³-hybridized carbons (Fsp3) is 0.348. The second-order valence-electron chi connectivity index (χ2n) is 7.48. The van der Waals surface area contributed by atoms with Crippen molar-refractivity contribution in [3.05, 3.63) is 70.0 Å². The lowest BCUT2D eigenvalue weighted by atomic mass is 10.2. The van der Waals surface area contributed by atoms with Crippen LogP contribution in [0.4, 0.5) is 0 Å². The number of nitrogens with zero attached hydrogens (tertiary/aromatic N) is 3. The maximum Gasteiger partial charge on any atom is 0.262 e. The Balaban J connectivity index is 1.57. The molecule has 0 saturated carbocycles. The van der Waals surface area contributed by atoms with Crippen molar-refractivity contribution >= 4 is 28.6 Å². The first-order valence-electron chi connectivity index (χ1n) is 10.1. The molecule has 4 rings (SSSR count). The van der Waals surface area contributed by atoms with Crippen LogP contribution < -0.4 is 5.56 Å². The second kappa shape index (κ2) is 8.82. The molecule has 29 heavy (non-hydrogen) atoms. The highest BCUT2D eigenvalue weighted by Gasteiger charge is 2.19. The third-order valence-corrected chi connectivity index (χ3v) is 6.31. The quantitative estimate of drug-likeness (QED) is 0.439. The summed E-state index contributed by atoms with van der Waals surface area (Å²) in [5.41, 5.74) is 3.17. The third-order valence-electron chi connectivity index (χ3n) is 5.26. The molecule has 0 N–H and O–H groups in total. The van der Waals surface area contributed by atoms with E-state index < -0.39 is 0 Å². The Labute approximate surface area is 174 Å². The van der Waals surface area contributed by atoms with Gasteiger partial charge in [0.05, 0.1) is 10.9 Å². The van der Waals surface area contributed by atoms with E-state index in [0.717, 1.165) is 35.8 Å². The Kier molecular flexibility index (Phi) is 6.00. The van der Waals surface area contributed by atoms with Crippen LogP contribution in [0.15, 0.2) is 58.5 Å². The molecule has 0 bridgehead atoms. The van der Waals surface area contributed by atoms with Crippen molar-refractivity contribution in [3.63, 3.8) is 0 Å². The molecule has 1 aliphatic heterocycles. The lowest BCUT2D eigenvalue weighted by Crippen LogP contribution is -2.29. The van der Waals surface area contributed by atoms with E-state index in [1.54, 1.807) is 16.3 Å². The van der Waals surface area contributed by atoms with Crippen molar-refractivity contribution in [1.82, 2.24) is 14.5 Å². The van der Waals surface area contributed by atoms with Crippen molar-refractivity contribution in [2.24, 2.45) is 0 Å². The predicted octanol–water partition coefficient (Wildman–Crippen LogP) is 4.01. The van der Waals surface area contributed by atoms with Gasteiger partial charge in [0.2, 0.25) is 5.91 Å². The first kappa shape index (κ1) is 19.7. The molecule has 1 aromatic heterocycles. The summed E-state index contributed by atoms with van der Waals surface area (Å²) in [4.78, 5) is 31.7. The molecule has 0 aliphatic carbocycles. The van der Waals surface area contributed by atoms with Crippen molar-refractivity contribution in [3.8, 4) is 0 Å². The van der Waals surface area contributed by atoms with E-state index >= 15 is 0 Å². The van der Waals surface area contributed by atoms with Gasteiger partial charge in [-0.2, -0.15) is 0 Å². The Morgan fingerprint density at radius 3 is 2.72 bits per heavy atom. The monoisotopic (exact) mass is 407 g/mol. The zero-order valence-corrected chi connectivity index (χ0v) is 17.5. The summed E-state index contributed by atoms with van der Waals surface area (Å²) in [6.45, 7) is 4.17. The van der Waals surface area contributed by atoms with Gasteiger partial charge in [-0.15, -0.1) is 0 Å². The number of para-hydroxylation sites is 1. The van der Waals surface area contributed by atoms with Crippen molar-refractivity contribution < 1.29 is 4.79 Å². The van der Waals surface area contributed by atoms with Crippen LogP contribution in [0.3, 0.4) is 0 Å². The van der Waals surface area contributed by atoms with Gasteiger partial charge in [0.15, 0.2) is 5.16 Å². The number of carbonyl (C=O) groups excluding carboxylic acids is 1. The smallest absolute Gasteiger partial charge is 0.262 e. The summed E-state index contributed by atoms with van der Waals surface area (Å²) in [5.74, 6) is 0.986. The van der Waals surface area contributed by atoms with Crippen LogP contribution in [0, 0.1) is 6.92 Å². The number of fused-ring (bicyclic) bond motifs is 1. The first-order valence-corrected chi connectivity index (χ1v) is 11.1. The average molecular weight is 408 g/mol. The third kappa shape index (κ3) is 4.53. The fourth-order valence-electron chi connectivity index (χ4n) is 3.76. The molecule has 150 valence electrons. The van der Waals surface area contributed by atoms with Crippen molar-refractivity contribution in [1.29, 1.82) is 0 Å². The molecule has 0 unspecified atom stereocenters. The van der Waals surface area contributed by atoms with Gasteiger partial charge < -0.3 is 4.90 Å². The summed E-state index contributed by atoms with van der Waals surface area (Å²) >= 11 is 1.59. The SMILES string of the molecule is Cc1cccc(CSc2nc3ccccc3c(=O)n2CCCN2CCCC2=O)c1. The van der Waals surface area contributed by atoms with Gasteiger partial charge >= 0.3 is 0 Å². The van der Waals surface area contributed by atoms with Crippen LogP contribution in [-0.2, 0) is 17.1 Å². The second-order valence-corrected chi connectivity index (χ2v) is 8.43. The molecule has 1 amide bonds. The molecule has 1 fully saturated rings. The molecule has 2 aromatic carbocycles. The van der Waals surface area contributed by atoms with Crippen LogP contribution in [0.5, 0.6) is 0 Å². The van der Waals surface area contributed by atoms with Crippen LogP contribution in [-0.4, -0.2) is 33.4 Å². The van der Waals surface area contributed by atoms with E-state index in [-0.39, 0.29) is 11.5 Å². The molecule has 5 nitrogen and oxygen atoms in total. The van der Waals surface area contributed by atoms with Gasteiger partial charge in [0.25, 0.3) is 5.56 Å². The van der Waals surface area contributed by atoms with Gasteiger partial charge in [-0.3, -0.25) is 14.2 Å². The van der Waals surface area contributed by atoms with Crippen LogP contribution in [0.2, 0.25) is 0 Å². The van der Waals surface area contributed by atoms with Crippen LogP contribution in [0.25, 0.3) is 10.9 Å². The molecule has 0 atom stereocenters. The minimum absolute atomic E-state index is 0.00455. The van der Waals surface area contributed by atoms with Gasteiger partial charge in [-0.25, -0.2) is 4.98 Å². The van der Waals surface area contributed by atoms with E-state index in [1.165, 1.54) is 11.1 Å². The normalized spacial score (nSPS) is 14.1. The van der Waals surface area contributed by atoms with E-state index in [2.05, 4.69) is 31.2 Å². The largest absolute Gasteiger partial charge is 0.343 e. The Morgan fingerprint density at radius 1 is 1.07 bits per heavy atom. The highest BCUT2D eigenvalue weighted by Crippen LogP contribution is 2.23. The number of aromatic nitrogens is 2. The summed E-state index contributed by atoms with van der Waals surface area (Å²) < 4.78 is 1.78. The van der Waals surface area contributed by atoms with Crippen molar-refractivity contribution in [2.45, 2.75) is 43.6 Å². The number of carbonyl (C=O) groups is 1. The van der Waals surface area contributed by atoms with Gasteiger partial charge in [-0.05, 0) is 37.5 Å². The van der Waals surface area contributed by atoms with Crippen molar-refractivity contribution in [2.75, 3.05) is 13.1 Å². The Hall–Kier alpha value is -2.60. The zero-order chi connectivity index (χ0) is 20.2. The average Bonchev–Trinajstić information content (AvgIpc) is 3.13. The van der Waals surface area contributed by atoms with E-state index in [0.29, 0.717) is 24.9 Å². The highest BCUT2D eigenvalue weighted by atomic mass is 32.2. The maximum atomic E-state index is 13.1. The number of benzene rings is 2. The molecule has 1 aliphatic rings. The summed E-state index contributed by atoms with van der Waals surface area (Å²) in [6.07, 6.45) is 2.34. The molecule has 6 heteroatoms.